The van der Waals surface area contributed by atoms with Gasteiger partial charge in [-0.25, -0.2) is 22.0 Å². The van der Waals surface area contributed by atoms with E-state index in [1.165, 1.54) is 48.7 Å². The third-order valence-electron chi connectivity index (χ3n) is 11.0. The van der Waals surface area contributed by atoms with Crippen molar-refractivity contribution in [2.24, 2.45) is 0 Å². The lowest BCUT2D eigenvalue weighted by Crippen LogP contribution is -2.36. The van der Waals surface area contributed by atoms with Gasteiger partial charge in [-0.05, 0) is 128 Å². The largest absolute Gasteiger partial charge is 0.481 e. The first-order valence-corrected chi connectivity index (χ1v) is 25.3. The molecule has 0 aliphatic heterocycles. The van der Waals surface area contributed by atoms with Crippen LogP contribution in [0.1, 0.15) is 120 Å². The summed E-state index contributed by atoms with van der Waals surface area (Å²) in [7, 11) is -4.30. The monoisotopic (exact) mass is 1050 g/mol. The number of nitrogens with one attached hydrogen (secondary N) is 3. The molecule has 0 saturated carbocycles. The van der Waals surface area contributed by atoms with Crippen LogP contribution in [0.25, 0.3) is 22.1 Å². The van der Waals surface area contributed by atoms with E-state index < -0.39 is 37.3 Å². The number of aliphatic carboxylic acids is 1. The molecule has 0 radical (unpaired) electrons. The Kier molecular flexibility index (Phi) is 21.2. The highest BCUT2D eigenvalue weighted by Crippen LogP contribution is 2.30. The number of carboxylic acids is 1. The Morgan fingerprint density at radius 2 is 1.18 bits per heavy atom. The number of unbranched alkanes of at least 4 members (excludes halogenated alkanes) is 7. The van der Waals surface area contributed by atoms with Crippen LogP contribution in [0.4, 0.5) is 22.7 Å². The molecular formula is C48H59N11O14S. The third kappa shape index (κ3) is 17.3. The molecule has 0 unspecified atom stereocenters. The molecule has 0 saturated heterocycles. The zero-order valence-electron chi connectivity index (χ0n) is 41.2. The predicted octanol–water partition coefficient (Wildman–Crippen LogP) is 8.13. The number of fused-ring (bicyclic) bond motifs is 2. The molecule has 3 aromatic heterocycles. The number of rotatable bonds is 28. The summed E-state index contributed by atoms with van der Waals surface area (Å²) in [6.07, 6.45) is 8.85. The van der Waals surface area contributed by atoms with Crippen LogP contribution >= 0.6 is 0 Å². The first kappa shape index (κ1) is 56.8. The summed E-state index contributed by atoms with van der Waals surface area (Å²) in [5.41, 5.74) is 1.61. The van der Waals surface area contributed by atoms with Crippen molar-refractivity contribution in [1.82, 2.24) is 35.2 Å². The third-order valence-corrected chi connectivity index (χ3v) is 12.8. The van der Waals surface area contributed by atoms with Crippen LogP contribution in [-0.2, 0) is 35.7 Å². The number of amides is 2. The van der Waals surface area contributed by atoms with E-state index in [9.17, 15) is 47.8 Å². The SMILES string of the molecule is CC(C)(C)OC(=O)CCCCCCNC(=O)c1ccc(S(=O)(=O)N(Cc2ccccn2)C(=O)CCCCCNc2ccc([N+](=O)[O-])c3nonc23)cc1.O=C(O)CCCCCNc1ccc([N+](=O)[O-])c2nonc12. The number of esters is 1. The molecule has 3 heterocycles. The van der Waals surface area contributed by atoms with Gasteiger partial charge in [0.25, 0.3) is 15.9 Å². The van der Waals surface area contributed by atoms with Gasteiger partial charge < -0.3 is 25.8 Å². The van der Waals surface area contributed by atoms with Crippen molar-refractivity contribution in [3.05, 3.63) is 104 Å². The van der Waals surface area contributed by atoms with Gasteiger partial charge in [-0.15, -0.1) is 0 Å². The molecule has 0 spiro atoms. The molecule has 2 amide bonds. The quantitative estimate of drug-likeness (QED) is 0.0156. The van der Waals surface area contributed by atoms with E-state index in [0.29, 0.717) is 80.7 Å². The van der Waals surface area contributed by atoms with Gasteiger partial charge in [-0.1, -0.05) is 31.7 Å². The van der Waals surface area contributed by atoms with E-state index in [2.05, 4.69) is 50.8 Å². The number of nitro groups is 2. The zero-order valence-corrected chi connectivity index (χ0v) is 42.0. The second-order valence-corrected chi connectivity index (χ2v) is 19.7. The number of carbonyl (C=O) groups excluding carboxylic acids is 3. The van der Waals surface area contributed by atoms with Gasteiger partial charge in [0, 0.05) is 62.8 Å². The molecular weight excluding hydrogens is 987 g/mol. The van der Waals surface area contributed by atoms with Crippen LogP contribution < -0.4 is 16.0 Å². The molecule has 0 aliphatic rings. The van der Waals surface area contributed by atoms with Gasteiger partial charge in [0.15, 0.2) is 11.0 Å². The lowest BCUT2D eigenvalue weighted by Gasteiger charge is -2.22. The van der Waals surface area contributed by atoms with Crippen molar-refractivity contribution in [3.8, 4) is 0 Å². The number of ether oxygens (including phenoxy) is 1. The van der Waals surface area contributed by atoms with Crippen LogP contribution in [0, 0.1) is 20.2 Å². The Balaban J connectivity index is 0.000000401. The van der Waals surface area contributed by atoms with Gasteiger partial charge in [0.1, 0.15) is 5.60 Å². The van der Waals surface area contributed by atoms with E-state index in [1.807, 2.05) is 20.8 Å². The molecule has 25 nitrogen and oxygen atoms in total. The van der Waals surface area contributed by atoms with Crippen molar-refractivity contribution < 1.29 is 56.5 Å². The van der Waals surface area contributed by atoms with Crippen LogP contribution in [0.3, 0.4) is 0 Å². The zero-order chi connectivity index (χ0) is 53.7. The number of benzene rings is 3. The van der Waals surface area contributed by atoms with Gasteiger partial charge in [-0.3, -0.25) is 44.4 Å². The van der Waals surface area contributed by atoms with Gasteiger partial charge in [-0.2, -0.15) is 0 Å². The maximum atomic E-state index is 13.8. The minimum atomic E-state index is -4.30. The number of carboxylic acid groups (broad SMARTS) is 1. The molecule has 0 aliphatic carbocycles. The first-order valence-electron chi connectivity index (χ1n) is 23.9. The molecule has 74 heavy (non-hydrogen) atoms. The number of nitrogens with zero attached hydrogens (tertiary/aromatic N) is 8. The molecule has 0 fully saturated rings. The summed E-state index contributed by atoms with van der Waals surface area (Å²) in [5, 5.41) is 54.2. The van der Waals surface area contributed by atoms with Crippen molar-refractivity contribution in [2.45, 2.75) is 121 Å². The summed E-state index contributed by atoms with van der Waals surface area (Å²) in [4.78, 5) is 73.4. The number of hydrogen-bond acceptors (Lipinski definition) is 20. The number of non-ortho nitro benzene ring substituents is 2. The van der Waals surface area contributed by atoms with Crippen molar-refractivity contribution >= 4 is 78.6 Å². The van der Waals surface area contributed by atoms with E-state index in [0.717, 1.165) is 36.4 Å². The summed E-state index contributed by atoms with van der Waals surface area (Å²) in [6.45, 7) is 6.72. The average Bonchev–Trinajstić information content (AvgIpc) is 4.07. The number of sulfonamides is 1. The van der Waals surface area contributed by atoms with E-state index in [-0.39, 0.29) is 69.6 Å². The summed E-state index contributed by atoms with van der Waals surface area (Å²) < 4.78 is 42.9. The highest BCUT2D eigenvalue weighted by molar-refractivity contribution is 7.89. The van der Waals surface area contributed by atoms with Crippen molar-refractivity contribution in [2.75, 3.05) is 30.3 Å². The Morgan fingerprint density at radius 3 is 1.70 bits per heavy atom. The van der Waals surface area contributed by atoms with Gasteiger partial charge >= 0.3 is 23.3 Å². The molecule has 3 aromatic carbocycles. The average molecular weight is 1050 g/mol. The molecule has 4 N–H and O–H groups in total. The Bertz CT molecular complexity index is 2960. The fourth-order valence-corrected chi connectivity index (χ4v) is 8.71. The summed E-state index contributed by atoms with van der Waals surface area (Å²) in [6, 6.07) is 16.2. The summed E-state index contributed by atoms with van der Waals surface area (Å²) >= 11 is 0. The Hall–Kier alpha value is -8.16. The fraction of sp³-hybridized carbons (Fsp3) is 0.438. The van der Waals surface area contributed by atoms with Gasteiger partial charge in [0.2, 0.25) is 16.9 Å². The Labute approximate surface area is 425 Å². The molecule has 6 rings (SSSR count). The lowest BCUT2D eigenvalue weighted by atomic mass is 10.1. The number of anilines is 2. The van der Waals surface area contributed by atoms with Crippen LogP contribution in [0.2, 0.25) is 0 Å². The lowest BCUT2D eigenvalue weighted by molar-refractivity contribution is -0.383. The summed E-state index contributed by atoms with van der Waals surface area (Å²) in [5.74, 6) is -1.97. The molecule has 0 atom stereocenters. The van der Waals surface area contributed by atoms with E-state index in [1.54, 1.807) is 24.3 Å². The predicted molar refractivity (Wildman–Crippen MR) is 268 cm³/mol. The minimum absolute atomic E-state index is 0.0363. The second kappa shape index (κ2) is 27.6. The molecule has 0 bridgehead atoms. The van der Waals surface area contributed by atoms with Crippen molar-refractivity contribution in [3.63, 3.8) is 0 Å². The number of aromatic nitrogens is 5. The van der Waals surface area contributed by atoms with Crippen molar-refractivity contribution in [1.29, 1.82) is 0 Å². The highest BCUT2D eigenvalue weighted by atomic mass is 32.2. The number of pyridine rings is 1. The maximum absolute atomic E-state index is 13.8. The maximum Gasteiger partial charge on any atom is 0.306 e. The normalized spacial score (nSPS) is 11.3. The topological polar surface area (TPSA) is 348 Å². The fourth-order valence-electron chi connectivity index (χ4n) is 7.31. The number of carbonyl (C=O) groups is 4. The standard InChI is InChI=1S/C36H45N7O9S.C12H14N4O5/c1-36(2,3)51-32(45)15-8-4-5-10-24-39-35(46)26-16-18-28(19-17-26)53(49,50)42(25-27-13-9-12-22-37-27)31(44)14-7-6-11-23-38-29-20-21-30(43(47)48)34-33(29)40-52-41-34;17-10(18)4-2-1-3-7-13-8-5-6-9(16(19)20)12-11(8)14-21-15-12/h9,12-13,16-22,38H,4-8,10-11,14-15,23-25H2,1-3H3,(H,39,46);5-6,13H,1-4,7H2,(H,17,18). The first-order chi connectivity index (χ1) is 35.4. The number of hydrogen-bond donors (Lipinski definition) is 4. The van der Waals surface area contributed by atoms with Gasteiger partial charge in [0.05, 0.1) is 38.4 Å². The van der Waals surface area contributed by atoms with Crippen LogP contribution in [-0.4, -0.2) is 102 Å². The van der Waals surface area contributed by atoms with Crippen LogP contribution in [0.15, 0.2) is 87.1 Å². The minimum Gasteiger partial charge on any atom is -0.481 e. The van der Waals surface area contributed by atoms with Crippen LogP contribution in [0.5, 0.6) is 0 Å². The van der Waals surface area contributed by atoms with E-state index >= 15 is 0 Å². The highest BCUT2D eigenvalue weighted by Gasteiger charge is 2.30. The number of nitro benzene ring substituents is 2. The second-order valence-electron chi connectivity index (χ2n) is 17.8. The Morgan fingerprint density at radius 1 is 0.662 bits per heavy atom. The van der Waals surface area contributed by atoms with E-state index in [4.69, 9.17) is 9.84 Å². The molecule has 6 aromatic rings. The smallest absolute Gasteiger partial charge is 0.306 e. The molecule has 396 valence electrons. The molecule has 26 heteroatoms.